The van der Waals surface area contributed by atoms with Crippen molar-refractivity contribution in [3.63, 3.8) is 0 Å². The van der Waals surface area contributed by atoms with Gasteiger partial charge >= 0.3 is 7.25 Å². The topological polar surface area (TPSA) is 18.3 Å². The Morgan fingerprint density at radius 2 is 1.29 bits per heavy atom. The summed E-state index contributed by atoms with van der Waals surface area (Å²) in [6, 6.07) is 0. The maximum atomic E-state index is 13.6. The van der Waals surface area contributed by atoms with Crippen LogP contribution in [-0.4, -0.2) is 30.9 Å². The van der Waals surface area contributed by atoms with E-state index in [0.717, 1.165) is 17.3 Å². The number of hydrazine groups is 1. The molecule has 0 atom stereocenters. The summed E-state index contributed by atoms with van der Waals surface area (Å²) in [5.41, 5.74) is 1.72. The molecule has 3 nitrogen and oxygen atoms in total. The molecule has 2 aliphatic heterocycles. The lowest BCUT2D eigenvalue weighted by atomic mass is 10.2. The molecule has 134 valence electrons. The maximum absolute atomic E-state index is 13.6. The Labute approximate surface area is 129 Å². The van der Waals surface area contributed by atoms with Gasteiger partial charge in [0.15, 0.2) is 35.6 Å². The lowest BCUT2D eigenvalue weighted by molar-refractivity contribution is -0.511. The quantitative estimate of drug-likeness (QED) is 0.271. The molecule has 13 heteroatoms. The third-order valence-electron chi connectivity index (χ3n) is 3.26. The molecular weight excluding hydrogens is 356 g/mol. The summed E-state index contributed by atoms with van der Waals surface area (Å²) in [4.78, 5) is 0. The standard InChI is InChI=1S/C11H8F5N3.BF4/c12-6-7(13)9(15)11(10(16)8(6)14)19-4-18-3-1-2-5(18)17-19;2-1(3,4)5/h1-4H2;/q;-1/p+1. The fraction of sp³-hybridized carbons (Fsp3) is 0.364. The second-order valence-corrected chi connectivity index (χ2v) is 4.91. The first kappa shape index (κ1) is 18.3. The highest BCUT2D eigenvalue weighted by atomic mass is 19.5. The number of nitrogens with one attached hydrogen (secondary N) is 1. The summed E-state index contributed by atoms with van der Waals surface area (Å²) in [6.07, 6.45) is 1.58. The average Bonchev–Trinajstić information content (AvgIpc) is 3.03. The highest BCUT2D eigenvalue weighted by Crippen LogP contribution is 2.30. The number of amidine groups is 1. The van der Waals surface area contributed by atoms with Gasteiger partial charge in [-0.3, -0.25) is 0 Å². The van der Waals surface area contributed by atoms with Crippen molar-refractivity contribution in [1.29, 1.82) is 0 Å². The minimum atomic E-state index is -6.00. The zero-order valence-electron chi connectivity index (χ0n) is 11.7. The molecule has 0 fully saturated rings. The second kappa shape index (κ2) is 6.44. The Hall–Kier alpha value is -2.08. The summed E-state index contributed by atoms with van der Waals surface area (Å²) in [5, 5.41) is 0.935. The summed E-state index contributed by atoms with van der Waals surface area (Å²) < 4.78 is 107. The number of rotatable bonds is 1. The Kier molecular flexibility index (Phi) is 4.90. The summed E-state index contributed by atoms with van der Waals surface area (Å²) >= 11 is 0. The minimum Gasteiger partial charge on any atom is -0.418 e. The zero-order chi connectivity index (χ0) is 18.2. The third-order valence-corrected chi connectivity index (χ3v) is 3.26. The van der Waals surface area contributed by atoms with Crippen molar-refractivity contribution < 1.29 is 43.8 Å². The summed E-state index contributed by atoms with van der Waals surface area (Å²) in [5.74, 6) is -8.95. The predicted octanol–water partition coefficient (Wildman–Crippen LogP) is 3.17. The van der Waals surface area contributed by atoms with Gasteiger partial charge in [-0.15, -0.1) is 0 Å². The van der Waals surface area contributed by atoms with E-state index < -0.39 is 42.0 Å². The second-order valence-electron chi connectivity index (χ2n) is 4.91. The summed E-state index contributed by atoms with van der Waals surface area (Å²) in [6.45, 7) is 0.738. The van der Waals surface area contributed by atoms with Crippen molar-refractivity contribution in [3.8, 4) is 0 Å². The van der Waals surface area contributed by atoms with E-state index >= 15 is 0 Å². The number of benzene rings is 1. The van der Waals surface area contributed by atoms with Gasteiger partial charge in [0.25, 0.3) is 5.84 Å². The van der Waals surface area contributed by atoms with Crippen LogP contribution in [0.3, 0.4) is 0 Å². The maximum Gasteiger partial charge on any atom is 0.673 e. The molecule has 24 heavy (non-hydrogen) atoms. The van der Waals surface area contributed by atoms with Gasteiger partial charge in [-0.25, -0.2) is 26.5 Å². The van der Waals surface area contributed by atoms with E-state index in [4.69, 9.17) is 0 Å². The largest absolute Gasteiger partial charge is 0.673 e. The van der Waals surface area contributed by atoms with Gasteiger partial charge in [0.1, 0.15) is 0 Å². The van der Waals surface area contributed by atoms with Gasteiger partial charge in [0.2, 0.25) is 5.82 Å². The predicted molar refractivity (Wildman–Crippen MR) is 66.3 cm³/mol. The number of nitrogens with zero attached hydrogens (tertiary/aromatic N) is 2. The monoisotopic (exact) mass is 365 g/mol. The molecule has 1 N–H and O–H groups in total. The molecular formula is C11H9BF9N3. The average molecular weight is 365 g/mol. The van der Waals surface area contributed by atoms with E-state index in [9.17, 15) is 39.2 Å². The molecule has 2 heterocycles. The van der Waals surface area contributed by atoms with Crippen LogP contribution in [0.4, 0.5) is 44.9 Å². The number of halogens is 9. The normalized spacial score (nSPS) is 16.8. The van der Waals surface area contributed by atoms with E-state index in [1.807, 2.05) is 0 Å². The lowest BCUT2D eigenvalue weighted by Crippen LogP contribution is -2.38. The molecule has 0 saturated heterocycles. The Balaban J connectivity index is 0.000000368. The number of anilines is 1. The molecule has 0 radical (unpaired) electrons. The van der Waals surface area contributed by atoms with Gasteiger partial charge in [0, 0.05) is 0 Å². The van der Waals surface area contributed by atoms with Gasteiger partial charge in [-0.05, 0) is 6.42 Å². The molecule has 0 aromatic heterocycles. The van der Waals surface area contributed by atoms with E-state index in [-0.39, 0.29) is 6.67 Å². The van der Waals surface area contributed by atoms with E-state index in [2.05, 4.69) is 5.43 Å². The van der Waals surface area contributed by atoms with Crippen LogP contribution < -0.4 is 10.4 Å². The van der Waals surface area contributed by atoms with Crippen LogP contribution in [0.5, 0.6) is 0 Å². The van der Waals surface area contributed by atoms with Crippen molar-refractivity contribution in [3.05, 3.63) is 29.1 Å². The molecule has 0 saturated carbocycles. The highest BCUT2D eigenvalue weighted by molar-refractivity contribution is 6.50. The van der Waals surface area contributed by atoms with Crippen molar-refractivity contribution in [2.24, 2.45) is 0 Å². The smallest absolute Gasteiger partial charge is 0.418 e. The molecule has 0 spiro atoms. The first-order chi connectivity index (χ1) is 11.0. The fourth-order valence-corrected chi connectivity index (χ4v) is 2.33. The fourth-order valence-electron chi connectivity index (χ4n) is 2.33. The van der Waals surface area contributed by atoms with E-state index in [0.29, 0.717) is 13.0 Å². The van der Waals surface area contributed by atoms with Crippen LogP contribution in [0.25, 0.3) is 0 Å². The van der Waals surface area contributed by atoms with Crippen LogP contribution in [-0.2, 0) is 0 Å². The van der Waals surface area contributed by atoms with Gasteiger partial charge in [0.05, 0.1) is 13.0 Å². The third kappa shape index (κ3) is 3.70. The Bertz CT molecular complexity index is 637. The van der Waals surface area contributed by atoms with E-state index in [1.165, 1.54) is 0 Å². The van der Waals surface area contributed by atoms with Crippen molar-refractivity contribution in [2.45, 2.75) is 12.8 Å². The minimum absolute atomic E-state index is 0.0493. The molecule has 1 aromatic carbocycles. The molecule has 0 unspecified atom stereocenters. The molecule has 0 amide bonds. The SMILES string of the molecule is F[B-](F)(F)F.Fc1c(F)c(F)c(N2C[N+]3=C(CCC3)N2)c(F)c1F. The van der Waals surface area contributed by atoms with Crippen LogP contribution in [0, 0.1) is 29.1 Å². The molecule has 2 aliphatic rings. The van der Waals surface area contributed by atoms with Crippen molar-refractivity contribution >= 4 is 18.8 Å². The Morgan fingerprint density at radius 1 is 0.833 bits per heavy atom. The molecule has 3 rings (SSSR count). The van der Waals surface area contributed by atoms with Crippen LogP contribution in [0.2, 0.25) is 0 Å². The molecule has 0 bridgehead atoms. The number of hydrogen-bond acceptors (Lipinski definition) is 2. The van der Waals surface area contributed by atoms with Gasteiger partial charge in [-0.1, -0.05) is 0 Å². The number of hydrogen-bond donors (Lipinski definition) is 1. The van der Waals surface area contributed by atoms with Crippen LogP contribution in [0.15, 0.2) is 0 Å². The van der Waals surface area contributed by atoms with Gasteiger partial charge < -0.3 is 17.3 Å². The van der Waals surface area contributed by atoms with Crippen molar-refractivity contribution in [2.75, 3.05) is 18.2 Å². The van der Waals surface area contributed by atoms with Crippen molar-refractivity contribution in [1.82, 2.24) is 5.43 Å². The van der Waals surface area contributed by atoms with Gasteiger partial charge in [-0.2, -0.15) is 10.4 Å². The molecule has 1 aromatic rings. The highest BCUT2D eigenvalue weighted by Gasteiger charge is 2.38. The zero-order valence-corrected chi connectivity index (χ0v) is 11.7. The van der Waals surface area contributed by atoms with Crippen LogP contribution >= 0.6 is 0 Å². The first-order valence-corrected chi connectivity index (χ1v) is 6.54. The summed E-state index contributed by atoms with van der Waals surface area (Å²) in [7, 11) is -6.00. The molecule has 0 aliphatic carbocycles. The van der Waals surface area contributed by atoms with E-state index in [1.54, 1.807) is 4.58 Å². The lowest BCUT2D eigenvalue weighted by Gasteiger charge is -2.16. The first-order valence-electron chi connectivity index (χ1n) is 6.54. The Morgan fingerprint density at radius 3 is 1.75 bits per heavy atom. The van der Waals surface area contributed by atoms with Crippen LogP contribution in [0.1, 0.15) is 12.8 Å².